The van der Waals surface area contributed by atoms with Crippen LogP contribution in [0, 0.1) is 11.8 Å². The quantitative estimate of drug-likeness (QED) is 0.537. The molecule has 0 bridgehead atoms. The van der Waals surface area contributed by atoms with Gasteiger partial charge < -0.3 is 5.11 Å². The predicted molar refractivity (Wildman–Crippen MR) is 43.9 cm³/mol. The molecule has 0 radical (unpaired) electrons. The molecular weight excluding hydrogens is 181 g/mol. The SMILES string of the molecule is CCC/C=C/C(O)C#CC(F)(F)F. The first-order chi connectivity index (χ1) is 5.95. The molecule has 4 heteroatoms. The van der Waals surface area contributed by atoms with Crippen molar-refractivity contribution in [2.75, 3.05) is 0 Å². The second kappa shape index (κ2) is 5.65. The highest BCUT2D eigenvalue weighted by Gasteiger charge is 2.23. The molecule has 0 amide bonds. The molecule has 0 aromatic rings. The molecule has 0 spiro atoms. The summed E-state index contributed by atoms with van der Waals surface area (Å²) in [6.07, 6.45) is -1.38. The number of hydrogen-bond acceptors (Lipinski definition) is 1. The fourth-order valence-corrected chi connectivity index (χ4v) is 0.596. The molecule has 0 saturated carbocycles. The van der Waals surface area contributed by atoms with E-state index in [1.807, 2.05) is 6.92 Å². The largest absolute Gasteiger partial charge is 0.457 e. The molecular formula is C9H11F3O. The number of aliphatic hydroxyl groups excluding tert-OH is 1. The van der Waals surface area contributed by atoms with E-state index in [2.05, 4.69) is 0 Å². The number of unbranched alkanes of at least 4 members (excludes halogenated alkanes) is 1. The summed E-state index contributed by atoms with van der Waals surface area (Å²) in [5.41, 5.74) is 0. The molecule has 1 unspecified atom stereocenters. The van der Waals surface area contributed by atoms with Gasteiger partial charge in [0, 0.05) is 5.92 Å². The van der Waals surface area contributed by atoms with Gasteiger partial charge in [0.2, 0.25) is 0 Å². The van der Waals surface area contributed by atoms with Crippen LogP contribution >= 0.6 is 0 Å². The molecule has 74 valence electrons. The van der Waals surface area contributed by atoms with Crippen molar-refractivity contribution in [2.45, 2.75) is 32.0 Å². The van der Waals surface area contributed by atoms with Gasteiger partial charge in [0.25, 0.3) is 0 Å². The van der Waals surface area contributed by atoms with Gasteiger partial charge in [0.05, 0.1) is 0 Å². The number of hydrogen-bond donors (Lipinski definition) is 1. The molecule has 0 aromatic carbocycles. The minimum Gasteiger partial charge on any atom is -0.377 e. The Morgan fingerprint density at radius 3 is 2.54 bits per heavy atom. The van der Waals surface area contributed by atoms with Crippen molar-refractivity contribution >= 4 is 0 Å². The second-order valence-electron chi connectivity index (χ2n) is 2.43. The number of alkyl halides is 3. The summed E-state index contributed by atoms with van der Waals surface area (Å²) in [5.74, 6) is 2.67. The Labute approximate surface area is 75.3 Å². The lowest BCUT2D eigenvalue weighted by molar-refractivity contribution is -0.0699. The third-order valence-electron chi connectivity index (χ3n) is 1.14. The third-order valence-corrected chi connectivity index (χ3v) is 1.14. The first kappa shape index (κ1) is 12.0. The van der Waals surface area contributed by atoms with Gasteiger partial charge in [-0.1, -0.05) is 25.3 Å². The standard InChI is InChI=1S/C9H11F3O/c1-2-3-4-5-8(13)6-7-9(10,11)12/h4-5,8,13H,2-3H2,1H3/b5-4+. The van der Waals surface area contributed by atoms with Crippen molar-refractivity contribution in [1.82, 2.24) is 0 Å². The van der Waals surface area contributed by atoms with Crippen LogP contribution in [-0.2, 0) is 0 Å². The molecule has 13 heavy (non-hydrogen) atoms. The molecule has 1 atom stereocenters. The molecule has 0 rings (SSSR count). The molecule has 0 aromatic heterocycles. The number of rotatable bonds is 3. The maximum absolute atomic E-state index is 11.5. The van der Waals surface area contributed by atoms with E-state index in [0.29, 0.717) is 0 Å². The Morgan fingerprint density at radius 2 is 2.08 bits per heavy atom. The average Bonchev–Trinajstić information content (AvgIpc) is 2.00. The van der Waals surface area contributed by atoms with Crippen LogP contribution in [0.4, 0.5) is 13.2 Å². The summed E-state index contributed by atoms with van der Waals surface area (Å²) in [6.45, 7) is 1.93. The van der Waals surface area contributed by atoms with E-state index in [9.17, 15) is 13.2 Å². The molecule has 1 nitrogen and oxygen atoms in total. The van der Waals surface area contributed by atoms with Crippen molar-refractivity contribution < 1.29 is 18.3 Å². The van der Waals surface area contributed by atoms with E-state index >= 15 is 0 Å². The Morgan fingerprint density at radius 1 is 1.46 bits per heavy atom. The van der Waals surface area contributed by atoms with Crippen molar-refractivity contribution in [2.24, 2.45) is 0 Å². The van der Waals surface area contributed by atoms with Gasteiger partial charge in [-0.15, -0.1) is 0 Å². The Kier molecular flexibility index (Phi) is 5.24. The zero-order valence-corrected chi connectivity index (χ0v) is 7.23. The Hall–Kier alpha value is -0.950. The van der Waals surface area contributed by atoms with Crippen molar-refractivity contribution in [3.05, 3.63) is 12.2 Å². The zero-order valence-electron chi connectivity index (χ0n) is 7.23. The van der Waals surface area contributed by atoms with Crippen LogP contribution in [0.1, 0.15) is 19.8 Å². The highest BCUT2D eigenvalue weighted by Crippen LogP contribution is 2.11. The molecule has 0 heterocycles. The summed E-state index contributed by atoms with van der Waals surface area (Å²) < 4.78 is 34.5. The molecule has 0 aliphatic heterocycles. The fourth-order valence-electron chi connectivity index (χ4n) is 0.596. The minimum absolute atomic E-state index is 0.727. The van der Waals surface area contributed by atoms with Crippen LogP contribution in [-0.4, -0.2) is 17.4 Å². The van der Waals surface area contributed by atoms with Crippen LogP contribution in [0.2, 0.25) is 0 Å². The maximum atomic E-state index is 11.5. The van der Waals surface area contributed by atoms with Crippen LogP contribution in [0.3, 0.4) is 0 Å². The van der Waals surface area contributed by atoms with Crippen LogP contribution in [0.5, 0.6) is 0 Å². The predicted octanol–water partition coefficient (Wildman–Crippen LogP) is 2.27. The van der Waals surface area contributed by atoms with Gasteiger partial charge in [-0.2, -0.15) is 13.2 Å². The number of aliphatic hydroxyl groups is 1. The van der Waals surface area contributed by atoms with Gasteiger partial charge in [0.15, 0.2) is 0 Å². The van der Waals surface area contributed by atoms with Gasteiger partial charge in [-0.05, 0) is 12.5 Å². The summed E-state index contributed by atoms with van der Waals surface area (Å²) >= 11 is 0. The molecule has 0 aliphatic carbocycles. The summed E-state index contributed by atoms with van der Waals surface area (Å²) in [6, 6.07) is 0. The second-order valence-corrected chi connectivity index (χ2v) is 2.43. The van der Waals surface area contributed by atoms with Gasteiger partial charge >= 0.3 is 6.18 Å². The highest BCUT2D eigenvalue weighted by atomic mass is 19.4. The van der Waals surface area contributed by atoms with E-state index in [-0.39, 0.29) is 0 Å². The lowest BCUT2D eigenvalue weighted by Gasteiger charge is -1.95. The first-order valence-corrected chi connectivity index (χ1v) is 3.90. The average molecular weight is 192 g/mol. The zero-order chi connectivity index (χ0) is 10.3. The van der Waals surface area contributed by atoms with Gasteiger partial charge in [0.1, 0.15) is 6.10 Å². The van der Waals surface area contributed by atoms with E-state index in [1.165, 1.54) is 6.08 Å². The van der Waals surface area contributed by atoms with Crippen molar-refractivity contribution in [3.8, 4) is 11.8 Å². The van der Waals surface area contributed by atoms with Crippen LogP contribution in [0.15, 0.2) is 12.2 Å². The Balaban J connectivity index is 3.97. The summed E-state index contributed by atoms with van der Waals surface area (Å²) in [4.78, 5) is 0. The van der Waals surface area contributed by atoms with Gasteiger partial charge in [-0.25, -0.2) is 0 Å². The third kappa shape index (κ3) is 8.96. The summed E-state index contributed by atoms with van der Waals surface area (Å²) in [5, 5.41) is 8.88. The molecule has 0 saturated heterocycles. The molecule has 1 N–H and O–H groups in total. The monoisotopic (exact) mass is 192 g/mol. The van der Waals surface area contributed by atoms with E-state index in [0.717, 1.165) is 18.8 Å². The highest BCUT2D eigenvalue weighted by molar-refractivity contribution is 5.15. The van der Waals surface area contributed by atoms with Gasteiger partial charge in [-0.3, -0.25) is 0 Å². The number of allylic oxidation sites excluding steroid dienone is 1. The summed E-state index contributed by atoms with van der Waals surface area (Å²) in [7, 11) is 0. The smallest absolute Gasteiger partial charge is 0.377 e. The lowest BCUT2D eigenvalue weighted by atomic mass is 10.2. The van der Waals surface area contributed by atoms with Crippen molar-refractivity contribution in [3.63, 3.8) is 0 Å². The normalized spacial score (nSPS) is 13.9. The van der Waals surface area contributed by atoms with E-state index in [1.54, 1.807) is 12.0 Å². The topological polar surface area (TPSA) is 20.2 Å². The van der Waals surface area contributed by atoms with Crippen LogP contribution in [0.25, 0.3) is 0 Å². The first-order valence-electron chi connectivity index (χ1n) is 3.90. The van der Waals surface area contributed by atoms with Crippen LogP contribution < -0.4 is 0 Å². The van der Waals surface area contributed by atoms with E-state index < -0.39 is 12.3 Å². The number of halogens is 3. The lowest BCUT2D eigenvalue weighted by Crippen LogP contribution is -2.05. The van der Waals surface area contributed by atoms with E-state index in [4.69, 9.17) is 5.11 Å². The van der Waals surface area contributed by atoms with Crippen molar-refractivity contribution in [1.29, 1.82) is 0 Å². The molecule has 0 fully saturated rings. The molecule has 0 aliphatic rings. The fraction of sp³-hybridized carbons (Fsp3) is 0.556. The minimum atomic E-state index is -4.53. The maximum Gasteiger partial charge on any atom is 0.457 e. The Bertz CT molecular complexity index is 219.